The molecule has 1 aromatic carbocycles. The number of ether oxygens (including phenoxy) is 1. The van der Waals surface area contributed by atoms with Crippen molar-refractivity contribution in [2.45, 2.75) is 71.1 Å². The Balaban J connectivity index is 1.54. The van der Waals surface area contributed by atoms with Crippen LogP contribution in [0.1, 0.15) is 76.7 Å². The van der Waals surface area contributed by atoms with Gasteiger partial charge in [0.15, 0.2) is 0 Å². The van der Waals surface area contributed by atoms with Gasteiger partial charge in [-0.05, 0) is 18.6 Å². The summed E-state index contributed by atoms with van der Waals surface area (Å²) in [4.78, 5) is 4.50. The first-order chi connectivity index (χ1) is 11.9. The molecule has 0 saturated heterocycles. The van der Waals surface area contributed by atoms with Gasteiger partial charge in [0.05, 0.1) is 18.7 Å². The highest BCUT2D eigenvalue weighted by atomic mass is 16.5. The van der Waals surface area contributed by atoms with Gasteiger partial charge >= 0.3 is 0 Å². The maximum absolute atomic E-state index is 6.00. The molecule has 134 valence electrons. The maximum Gasteiger partial charge on any atom is 0.132 e. The van der Waals surface area contributed by atoms with E-state index in [1.165, 1.54) is 57.8 Å². The van der Waals surface area contributed by atoms with Gasteiger partial charge in [0, 0.05) is 6.54 Å². The number of benzene rings is 1. The van der Waals surface area contributed by atoms with E-state index in [9.17, 15) is 0 Å². The molecule has 1 heterocycles. The van der Waals surface area contributed by atoms with E-state index in [0.29, 0.717) is 0 Å². The standard InChI is InChI=1S/C21H34N2O/c1-2-3-4-5-6-7-8-9-10-13-18-24-20-15-12-11-14-19(20)21-22-16-17-23-21/h11-12,14-15H,2-10,13,16-18H2,1H3,(H,22,23). The van der Waals surface area contributed by atoms with Crippen LogP contribution in [-0.4, -0.2) is 25.5 Å². The van der Waals surface area contributed by atoms with Crippen LogP contribution >= 0.6 is 0 Å². The smallest absolute Gasteiger partial charge is 0.132 e. The summed E-state index contributed by atoms with van der Waals surface area (Å²) in [6.07, 6.45) is 13.5. The highest BCUT2D eigenvalue weighted by molar-refractivity contribution is 6.02. The molecular weight excluding hydrogens is 296 g/mol. The third-order valence-electron chi connectivity index (χ3n) is 4.57. The Hall–Kier alpha value is -1.51. The highest BCUT2D eigenvalue weighted by Gasteiger charge is 2.12. The lowest BCUT2D eigenvalue weighted by atomic mass is 10.1. The van der Waals surface area contributed by atoms with Crippen molar-refractivity contribution in [3.63, 3.8) is 0 Å². The Kier molecular flexibility index (Phi) is 9.36. The minimum absolute atomic E-state index is 0.806. The van der Waals surface area contributed by atoms with Crippen LogP contribution in [0.15, 0.2) is 29.3 Å². The summed E-state index contributed by atoms with van der Waals surface area (Å²) in [6.45, 7) is 4.88. The molecule has 0 aromatic heterocycles. The van der Waals surface area contributed by atoms with Gasteiger partial charge in [-0.2, -0.15) is 0 Å². The molecule has 24 heavy (non-hydrogen) atoms. The van der Waals surface area contributed by atoms with Gasteiger partial charge in [-0.25, -0.2) is 0 Å². The lowest BCUT2D eigenvalue weighted by molar-refractivity contribution is 0.303. The fourth-order valence-electron chi connectivity index (χ4n) is 3.14. The molecule has 0 aliphatic carbocycles. The van der Waals surface area contributed by atoms with E-state index in [1.54, 1.807) is 0 Å². The number of amidine groups is 1. The predicted molar refractivity (Wildman–Crippen MR) is 103 cm³/mol. The molecule has 0 atom stereocenters. The highest BCUT2D eigenvalue weighted by Crippen LogP contribution is 2.20. The van der Waals surface area contributed by atoms with Crippen LogP contribution in [-0.2, 0) is 0 Å². The SMILES string of the molecule is CCCCCCCCCCCCOc1ccccc1C1=NCCN1. The molecule has 0 bridgehead atoms. The van der Waals surface area contributed by atoms with Crippen LogP contribution in [0.25, 0.3) is 0 Å². The van der Waals surface area contributed by atoms with Crippen LogP contribution < -0.4 is 10.1 Å². The largest absolute Gasteiger partial charge is 0.493 e. The van der Waals surface area contributed by atoms with Crippen molar-refractivity contribution in [2.24, 2.45) is 4.99 Å². The van der Waals surface area contributed by atoms with Crippen molar-refractivity contribution in [3.8, 4) is 5.75 Å². The second kappa shape index (κ2) is 11.9. The Labute approximate surface area is 147 Å². The molecule has 2 rings (SSSR count). The average Bonchev–Trinajstić information content (AvgIpc) is 3.14. The van der Waals surface area contributed by atoms with Crippen molar-refractivity contribution in [3.05, 3.63) is 29.8 Å². The molecule has 1 N–H and O–H groups in total. The summed E-state index contributed by atoms with van der Waals surface area (Å²) in [5.74, 6) is 1.94. The van der Waals surface area contributed by atoms with E-state index in [1.807, 2.05) is 18.2 Å². The molecule has 0 radical (unpaired) electrons. The summed E-state index contributed by atoms with van der Waals surface area (Å²) in [6, 6.07) is 8.22. The maximum atomic E-state index is 6.00. The lowest BCUT2D eigenvalue weighted by Crippen LogP contribution is -2.20. The zero-order valence-electron chi connectivity index (χ0n) is 15.4. The molecular formula is C21H34N2O. The third-order valence-corrected chi connectivity index (χ3v) is 4.57. The van der Waals surface area contributed by atoms with E-state index in [2.05, 4.69) is 23.3 Å². The van der Waals surface area contributed by atoms with Crippen molar-refractivity contribution < 1.29 is 4.74 Å². The first-order valence-corrected chi connectivity index (χ1v) is 9.92. The fourth-order valence-corrected chi connectivity index (χ4v) is 3.14. The second-order valence-corrected chi connectivity index (χ2v) is 6.68. The van der Waals surface area contributed by atoms with Crippen LogP contribution in [0.2, 0.25) is 0 Å². The van der Waals surface area contributed by atoms with E-state index in [4.69, 9.17) is 4.74 Å². The summed E-state index contributed by atoms with van der Waals surface area (Å²) < 4.78 is 6.00. The Bertz CT molecular complexity index is 484. The van der Waals surface area contributed by atoms with Crippen LogP contribution in [0, 0.1) is 0 Å². The monoisotopic (exact) mass is 330 g/mol. The van der Waals surface area contributed by atoms with Crippen molar-refractivity contribution in [2.75, 3.05) is 19.7 Å². The molecule has 1 aliphatic rings. The fraction of sp³-hybridized carbons (Fsp3) is 0.667. The minimum Gasteiger partial charge on any atom is -0.493 e. The topological polar surface area (TPSA) is 33.6 Å². The normalized spacial score (nSPS) is 13.6. The first-order valence-electron chi connectivity index (χ1n) is 9.92. The zero-order valence-corrected chi connectivity index (χ0v) is 15.4. The Morgan fingerprint density at radius 1 is 0.917 bits per heavy atom. The summed E-state index contributed by atoms with van der Waals surface area (Å²) in [5, 5.41) is 3.33. The van der Waals surface area contributed by atoms with E-state index in [-0.39, 0.29) is 0 Å². The van der Waals surface area contributed by atoms with Gasteiger partial charge in [-0.3, -0.25) is 4.99 Å². The molecule has 3 nitrogen and oxygen atoms in total. The number of aliphatic imine (C=N–C) groups is 1. The second-order valence-electron chi connectivity index (χ2n) is 6.68. The van der Waals surface area contributed by atoms with E-state index >= 15 is 0 Å². The number of hydrogen-bond acceptors (Lipinski definition) is 3. The number of unbranched alkanes of at least 4 members (excludes halogenated alkanes) is 9. The summed E-state index contributed by atoms with van der Waals surface area (Å²) >= 11 is 0. The lowest BCUT2D eigenvalue weighted by Gasteiger charge is -2.11. The molecule has 0 fully saturated rings. The molecule has 0 amide bonds. The minimum atomic E-state index is 0.806. The van der Waals surface area contributed by atoms with E-state index in [0.717, 1.165) is 43.3 Å². The molecule has 0 saturated carbocycles. The number of nitrogens with one attached hydrogen (secondary N) is 1. The number of hydrogen-bond donors (Lipinski definition) is 1. The molecule has 0 unspecified atom stereocenters. The number of rotatable bonds is 13. The van der Waals surface area contributed by atoms with E-state index < -0.39 is 0 Å². The quantitative estimate of drug-likeness (QED) is 0.496. The van der Waals surface area contributed by atoms with Crippen LogP contribution in [0.3, 0.4) is 0 Å². The third kappa shape index (κ3) is 6.94. The van der Waals surface area contributed by atoms with Gasteiger partial charge in [0.1, 0.15) is 11.6 Å². The Morgan fingerprint density at radius 3 is 2.25 bits per heavy atom. The zero-order chi connectivity index (χ0) is 16.9. The van der Waals surface area contributed by atoms with Gasteiger partial charge < -0.3 is 10.1 Å². The molecule has 1 aliphatic heterocycles. The molecule has 3 heteroatoms. The van der Waals surface area contributed by atoms with Crippen molar-refractivity contribution in [1.29, 1.82) is 0 Å². The molecule has 1 aromatic rings. The number of nitrogens with zero attached hydrogens (tertiary/aromatic N) is 1. The van der Waals surface area contributed by atoms with Gasteiger partial charge in [0.25, 0.3) is 0 Å². The Morgan fingerprint density at radius 2 is 1.58 bits per heavy atom. The first kappa shape index (κ1) is 18.8. The van der Waals surface area contributed by atoms with Gasteiger partial charge in [-0.15, -0.1) is 0 Å². The van der Waals surface area contributed by atoms with Gasteiger partial charge in [-0.1, -0.05) is 76.8 Å². The van der Waals surface area contributed by atoms with Crippen LogP contribution in [0.4, 0.5) is 0 Å². The van der Waals surface area contributed by atoms with Crippen molar-refractivity contribution >= 4 is 5.84 Å². The molecule has 0 spiro atoms. The average molecular weight is 331 g/mol. The van der Waals surface area contributed by atoms with Crippen LogP contribution in [0.5, 0.6) is 5.75 Å². The summed E-state index contributed by atoms with van der Waals surface area (Å²) in [7, 11) is 0. The summed E-state index contributed by atoms with van der Waals surface area (Å²) in [5.41, 5.74) is 1.10. The predicted octanol–water partition coefficient (Wildman–Crippen LogP) is 5.34. The van der Waals surface area contributed by atoms with Gasteiger partial charge in [0.2, 0.25) is 0 Å². The van der Waals surface area contributed by atoms with Crippen molar-refractivity contribution in [1.82, 2.24) is 5.32 Å². The number of para-hydroxylation sites is 1.